The summed E-state index contributed by atoms with van der Waals surface area (Å²) in [6, 6.07) is 0. The number of halogens is 4. The Bertz CT molecular complexity index is 164. The molecule has 1 nitrogen and oxygen atoms in total. The first-order valence-electron chi connectivity index (χ1n) is 2.55. The summed E-state index contributed by atoms with van der Waals surface area (Å²) < 4.78 is 51.6. The lowest BCUT2D eigenvalue weighted by Crippen LogP contribution is -2.39. The zero-order valence-electron chi connectivity index (χ0n) is 5.49. The standard InChI is InChI=1S/C6H6F4O/c1-3-5(7,8)6(9,10)11-4-2/h3-4H,1-2H2. The molecule has 0 radical (unpaired) electrons. The molecule has 0 aliphatic heterocycles. The molecule has 0 heterocycles. The minimum Gasteiger partial charge on any atom is -0.436 e. The molecule has 0 aromatic carbocycles. The van der Waals surface area contributed by atoms with Crippen LogP contribution in [0.25, 0.3) is 0 Å². The Morgan fingerprint density at radius 3 is 1.82 bits per heavy atom. The van der Waals surface area contributed by atoms with E-state index in [0.717, 1.165) is 0 Å². The van der Waals surface area contributed by atoms with Crippen molar-refractivity contribution in [3.05, 3.63) is 25.5 Å². The van der Waals surface area contributed by atoms with Crippen LogP contribution in [-0.2, 0) is 4.74 Å². The predicted octanol–water partition coefficient (Wildman–Crippen LogP) is 2.56. The van der Waals surface area contributed by atoms with Gasteiger partial charge in [-0.15, -0.1) is 0 Å². The second kappa shape index (κ2) is 2.94. The summed E-state index contributed by atoms with van der Waals surface area (Å²) in [5.41, 5.74) is 0. The van der Waals surface area contributed by atoms with Crippen molar-refractivity contribution in [2.45, 2.75) is 12.0 Å². The maximum absolute atomic E-state index is 12.1. The zero-order chi connectivity index (χ0) is 9.12. The Morgan fingerprint density at radius 1 is 1.09 bits per heavy atom. The van der Waals surface area contributed by atoms with Gasteiger partial charge in [0.05, 0.1) is 6.26 Å². The molecule has 0 aliphatic carbocycles. The molecule has 0 spiro atoms. The highest BCUT2D eigenvalue weighted by Gasteiger charge is 2.56. The van der Waals surface area contributed by atoms with Gasteiger partial charge in [0, 0.05) is 0 Å². The van der Waals surface area contributed by atoms with E-state index in [-0.39, 0.29) is 12.3 Å². The van der Waals surface area contributed by atoms with E-state index >= 15 is 0 Å². The van der Waals surface area contributed by atoms with Crippen LogP contribution in [0, 0.1) is 0 Å². The normalized spacial score (nSPS) is 12.4. The average molecular weight is 170 g/mol. The average Bonchev–Trinajstić information content (AvgIpc) is 1.87. The summed E-state index contributed by atoms with van der Waals surface area (Å²) in [5, 5.41) is 0. The number of ether oxygens (including phenoxy) is 1. The van der Waals surface area contributed by atoms with Crippen LogP contribution < -0.4 is 0 Å². The first-order valence-corrected chi connectivity index (χ1v) is 2.55. The summed E-state index contributed by atoms with van der Waals surface area (Å²) in [7, 11) is 0. The quantitative estimate of drug-likeness (QED) is 0.358. The summed E-state index contributed by atoms with van der Waals surface area (Å²) >= 11 is 0. The van der Waals surface area contributed by atoms with Crippen molar-refractivity contribution in [3.63, 3.8) is 0 Å². The van der Waals surface area contributed by atoms with Crippen molar-refractivity contribution < 1.29 is 22.3 Å². The Labute approximate surface area is 61.0 Å². The van der Waals surface area contributed by atoms with Crippen LogP contribution in [0.2, 0.25) is 0 Å². The van der Waals surface area contributed by atoms with Gasteiger partial charge in [0.15, 0.2) is 0 Å². The number of hydrogen-bond donors (Lipinski definition) is 0. The molecule has 0 saturated heterocycles. The van der Waals surface area contributed by atoms with Gasteiger partial charge in [-0.25, -0.2) is 0 Å². The van der Waals surface area contributed by atoms with E-state index < -0.39 is 12.0 Å². The summed E-state index contributed by atoms with van der Waals surface area (Å²) in [5.74, 6) is -4.37. The van der Waals surface area contributed by atoms with Crippen LogP contribution in [-0.4, -0.2) is 12.0 Å². The molecule has 0 aromatic heterocycles. The van der Waals surface area contributed by atoms with Gasteiger partial charge in [0.1, 0.15) is 0 Å². The lowest BCUT2D eigenvalue weighted by molar-refractivity contribution is -0.307. The van der Waals surface area contributed by atoms with E-state index in [0.29, 0.717) is 0 Å². The third kappa shape index (κ3) is 1.96. The molecule has 11 heavy (non-hydrogen) atoms. The molecule has 0 rings (SSSR count). The van der Waals surface area contributed by atoms with Crippen molar-refractivity contribution in [1.82, 2.24) is 0 Å². The van der Waals surface area contributed by atoms with E-state index in [1.807, 2.05) is 0 Å². The SMILES string of the molecule is C=COC(F)(F)C(F)(F)C=C. The molecule has 5 heteroatoms. The van der Waals surface area contributed by atoms with Gasteiger partial charge in [0.25, 0.3) is 0 Å². The smallest absolute Gasteiger partial charge is 0.436 e. The highest BCUT2D eigenvalue weighted by atomic mass is 19.3. The van der Waals surface area contributed by atoms with Crippen molar-refractivity contribution in [3.8, 4) is 0 Å². The van der Waals surface area contributed by atoms with Crippen LogP contribution >= 0.6 is 0 Å². The number of alkyl halides is 4. The van der Waals surface area contributed by atoms with E-state index in [2.05, 4.69) is 17.9 Å². The molecule has 0 unspecified atom stereocenters. The van der Waals surface area contributed by atoms with E-state index in [4.69, 9.17) is 0 Å². The number of hydrogen-bond acceptors (Lipinski definition) is 1. The molecule has 0 fully saturated rings. The third-order valence-corrected chi connectivity index (χ3v) is 0.876. The van der Waals surface area contributed by atoms with Gasteiger partial charge in [-0.05, 0) is 6.08 Å². The van der Waals surface area contributed by atoms with Crippen molar-refractivity contribution in [2.75, 3.05) is 0 Å². The van der Waals surface area contributed by atoms with Crippen LogP contribution in [0.3, 0.4) is 0 Å². The lowest BCUT2D eigenvalue weighted by Gasteiger charge is -2.21. The second-order valence-corrected chi connectivity index (χ2v) is 1.63. The van der Waals surface area contributed by atoms with E-state index in [1.54, 1.807) is 0 Å². The van der Waals surface area contributed by atoms with Gasteiger partial charge in [-0.1, -0.05) is 13.2 Å². The Morgan fingerprint density at radius 2 is 1.55 bits per heavy atom. The fraction of sp³-hybridized carbons (Fsp3) is 0.333. The Balaban J connectivity index is 4.50. The highest BCUT2D eigenvalue weighted by Crippen LogP contribution is 2.35. The zero-order valence-corrected chi connectivity index (χ0v) is 5.49. The molecule has 0 N–H and O–H groups in total. The molecule has 0 saturated carbocycles. The number of rotatable bonds is 4. The molecule has 64 valence electrons. The Kier molecular flexibility index (Phi) is 2.67. The van der Waals surface area contributed by atoms with Gasteiger partial charge in [-0.3, -0.25) is 0 Å². The summed E-state index contributed by atoms with van der Waals surface area (Å²) in [6.07, 6.45) is -4.51. The largest absolute Gasteiger partial charge is 0.467 e. The van der Waals surface area contributed by atoms with Crippen LogP contribution in [0.4, 0.5) is 17.6 Å². The topological polar surface area (TPSA) is 9.23 Å². The van der Waals surface area contributed by atoms with Crippen LogP contribution in [0.15, 0.2) is 25.5 Å². The maximum Gasteiger partial charge on any atom is 0.467 e. The monoisotopic (exact) mass is 170 g/mol. The molecule has 0 aromatic rings. The lowest BCUT2D eigenvalue weighted by atomic mass is 10.3. The van der Waals surface area contributed by atoms with E-state index in [1.165, 1.54) is 0 Å². The molecular weight excluding hydrogens is 164 g/mol. The van der Waals surface area contributed by atoms with Crippen molar-refractivity contribution >= 4 is 0 Å². The van der Waals surface area contributed by atoms with Gasteiger partial charge in [-0.2, -0.15) is 17.6 Å². The predicted molar refractivity (Wildman–Crippen MR) is 31.4 cm³/mol. The van der Waals surface area contributed by atoms with Crippen LogP contribution in [0.5, 0.6) is 0 Å². The summed E-state index contributed by atoms with van der Waals surface area (Å²) in [6.45, 7) is 5.26. The Hall–Kier alpha value is -1.00. The third-order valence-electron chi connectivity index (χ3n) is 0.876. The van der Waals surface area contributed by atoms with Crippen LogP contribution in [0.1, 0.15) is 0 Å². The molecular formula is C6H6F4O. The first-order chi connectivity index (χ1) is 4.87. The molecule has 0 amide bonds. The fourth-order valence-electron chi connectivity index (χ4n) is 0.302. The highest BCUT2D eigenvalue weighted by molar-refractivity contribution is 4.94. The van der Waals surface area contributed by atoms with Gasteiger partial charge in [0.2, 0.25) is 0 Å². The molecule has 0 bridgehead atoms. The minimum atomic E-state index is -4.57. The molecule has 0 atom stereocenters. The fourth-order valence-corrected chi connectivity index (χ4v) is 0.302. The molecule has 0 aliphatic rings. The van der Waals surface area contributed by atoms with Gasteiger partial charge < -0.3 is 4.74 Å². The van der Waals surface area contributed by atoms with E-state index in [9.17, 15) is 17.6 Å². The van der Waals surface area contributed by atoms with Crippen molar-refractivity contribution in [1.29, 1.82) is 0 Å². The first kappa shape index (κ1) is 10.0. The van der Waals surface area contributed by atoms with Crippen molar-refractivity contribution in [2.24, 2.45) is 0 Å². The van der Waals surface area contributed by atoms with Gasteiger partial charge >= 0.3 is 12.0 Å². The minimum absolute atomic E-state index is 0.184. The second-order valence-electron chi connectivity index (χ2n) is 1.63. The maximum atomic E-state index is 12.1. The summed E-state index contributed by atoms with van der Waals surface area (Å²) in [4.78, 5) is 0.